The van der Waals surface area contributed by atoms with Gasteiger partial charge in [0.15, 0.2) is 0 Å². The lowest BCUT2D eigenvalue weighted by Crippen LogP contribution is -1.97. The average molecular weight is 186 g/mol. The Balaban J connectivity index is 2.48. The summed E-state index contributed by atoms with van der Waals surface area (Å²) in [5.74, 6) is 0. The Labute approximate surface area is 81.6 Å². The first-order chi connectivity index (χ1) is 6.77. The molecule has 0 aromatic carbocycles. The quantitative estimate of drug-likeness (QED) is 0.703. The van der Waals surface area contributed by atoms with E-state index in [1.165, 1.54) is 0 Å². The van der Waals surface area contributed by atoms with Crippen molar-refractivity contribution >= 4 is 11.4 Å². The maximum atomic E-state index is 5.67. The third-order valence-corrected chi connectivity index (χ3v) is 1.90. The summed E-state index contributed by atoms with van der Waals surface area (Å²) in [5, 5.41) is 0. The van der Waals surface area contributed by atoms with E-state index in [0.717, 1.165) is 11.4 Å². The van der Waals surface area contributed by atoms with E-state index >= 15 is 0 Å². The number of rotatable bonds is 1. The number of nitrogens with zero attached hydrogens (tertiary/aromatic N) is 2. The zero-order chi connectivity index (χ0) is 9.97. The van der Waals surface area contributed by atoms with Gasteiger partial charge in [-0.3, -0.25) is 9.97 Å². The molecule has 0 aliphatic carbocycles. The molecule has 2 aromatic heterocycles. The Morgan fingerprint density at radius 2 is 1.79 bits per heavy atom. The lowest BCUT2D eigenvalue weighted by atomic mass is 10.2. The van der Waals surface area contributed by atoms with Gasteiger partial charge in [0.1, 0.15) is 0 Å². The summed E-state index contributed by atoms with van der Waals surface area (Å²) in [6.45, 7) is 0. The van der Waals surface area contributed by atoms with Gasteiger partial charge in [0.2, 0.25) is 0 Å². The molecule has 14 heavy (non-hydrogen) atoms. The van der Waals surface area contributed by atoms with Gasteiger partial charge in [-0.25, -0.2) is 0 Å². The van der Waals surface area contributed by atoms with E-state index in [1.807, 2.05) is 18.2 Å². The van der Waals surface area contributed by atoms with E-state index < -0.39 is 0 Å². The highest BCUT2D eigenvalue weighted by Crippen LogP contribution is 2.20. The molecule has 0 radical (unpaired) electrons. The number of hydrogen-bond acceptors (Lipinski definition) is 4. The summed E-state index contributed by atoms with van der Waals surface area (Å²) in [4.78, 5) is 8.30. The molecule has 70 valence electrons. The summed E-state index contributed by atoms with van der Waals surface area (Å²) in [6, 6.07) is 7.34. The monoisotopic (exact) mass is 186 g/mol. The largest absolute Gasteiger partial charge is 0.397 e. The summed E-state index contributed by atoms with van der Waals surface area (Å²) >= 11 is 0. The zero-order valence-corrected chi connectivity index (χ0v) is 7.51. The standard InChI is InChI=1S/C10H10N4/c11-7-5-10(14-6-8(7)12)9-3-1-2-4-13-9/h1-6H,12H2,(H2,11,14). The van der Waals surface area contributed by atoms with Gasteiger partial charge < -0.3 is 11.5 Å². The predicted octanol–water partition coefficient (Wildman–Crippen LogP) is 1.31. The average Bonchev–Trinajstić information content (AvgIpc) is 2.23. The molecule has 0 aliphatic heterocycles. The Morgan fingerprint density at radius 3 is 2.43 bits per heavy atom. The topological polar surface area (TPSA) is 77.8 Å². The molecule has 0 atom stereocenters. The van der Waals surface area contributed by atoms with Crippen LogP contribution < -0.4 is 11.5 Å². The van der Waals surface area contributed by atoms with Crippen LogP contribution in [-0.2, 0) is 0 Å². The van der Waals surface area contributed by atoms with Crippen LogP contribution in [0.15, 0.2) is 36.7 Å². The van der Waals surface area contributed by atoms with Gasteiger partial charge in [-0.05, 0) is 18.2 Å². The lowest BCUT2D eigenvalue weighted by Gasteiger charge is -2.02. The van der Waals surface area contributed by atoms with Gasteiger partial charge in [0.05, 0.1) is 29.0 Å². The van der Waals surface area contributed by atoms with Crippen molar-refractivity contribution in [2.45, 2.75) is 0 Å². The second-order valence-corrected chi connectivity index (χ2v) is 2.91. The van der Waals surface area contributed by atoms with E-state index in [9.17, 15) is 0 Å². The molecule has 0 aliphatic rings. The van der Waals surface area contributed by atoms with Crippen LogP contribution in [0.25, 0.3) is 11.4 Å². The van der Waals surface area contributed by atoms with Gasteiger partial charge in [-0.1, -0.05) is 6.07 Å². The maximum absolute atomic E-state index is 5.67. The molecule has 0 saturated carbocycles. The molecule has 0 amide bonds. The molecular weight excluding hydrogens is 176 g/mol. The molecular formula is C10H10N4. The Kier molecular flexibility index (Phi) is 2.02. The number of anilines is 2. The van der Waals surface area contributed by atoms with Crippen molar-refractivity contribution in [3.8, 4) is 11.4 Å². The zero-order valence-electron chi connectivity index (χ0n) is 7.51. The third kappa shape index (κ3) is 1.50. The van der Waals surface area contributed by atoms with Crippen molar-refractivity contribution in [2.24, 2.45) is 0 Å². The minimum atomic E-state index is 0.490. The van der Waals surface area contributed by atoms with Gasteiger partial charge in [-0.2, -0.15) is 0 Å². The Morgan fingerprint density at radius 1 is 0.929 bits per heavy atom. The summed E-state index contributed by atoms with van der Waals surface area (Å²) in [5.41, 5.74) is 13.8. The van der Waals surface area contributed by atoms with Gasteiger partial charge >= 0.3 is 0 Å². The van der Waals surface area contributed by atoms with Crippen LogP contribution in [0.4, 0.5) is 11.4 Å². The van der Waals surface area contributed by atoms with E-state index in [2.05, 4.69) is 9.97 Å². The lowest BCUT2D eigenvalue weighted by molar-refractivity contribution is 1.25. The highest BCUT2D eigenvalue weighted by atomic mass is 14.8. The SMILES string of the molecule is Nc1cnc(-c2ccccn2)cc1N. The number of pyridine rings is 2. The molecule has 0 saturated heterocycles. The Hall–Kier alpha value is -2.10. The molecule has 4 heteroatoms. The van der Waals surface area contributed by atoms with Crippen molar-refractivity contribution in [1.29, 1.82) is 0 Å². The third-order valence-electron chi connectivity index (χ3n) is 1.90. The number of aromatic nitrogens is 2. The highest BCUT2D eigenvalue weighted by molar-refractivity contribution is 5.68. The fourth-order valence-corrected chi connectivity index (χ4v) is 1.14. The van der Waals surface area contributed by atoms with Crippen LogP contribution in [0, 0.1) is 0 Å². The second kappa shape index (κ2) is 3.33. The normalized spacial score (nSPS) is 10.0. The minimum absolute atomic E-state index is 0.490. The molecule has 2 aromatic rings. The van der Waals surface area contributed by atoms with Crippen molar-refractivity contribution in [1.82, 2.24) is 9.97 Å². The first-order valence-corrected chi connectivity index (χ1v) is 4.20. The predicted molar refractivity (Wildman–Crippen MR) is 56.3 cm³/mol. The molecule has 4 N–H and O–H groups in total. The van der Waals surface area contributed by atoms with Crippen molar-refractivity contribution in [2.75, 3.05) is 11.5 Å². The minimum Gasteiger partial charge on any atom is -0.397 e. The summed E-state index contributed by atoms with van der Waals surface area (Å²) in [7, 11) is 0. The van der Waals surface area contributed by atoms with Gasteiger partial charge in [0, 0.05) is 6.20 Å². The maximum Gasteiger partial charge on any atom is 0.0908 e. The second-order valence-electron chi connectivity index (χ2n) is 2.91. The molecule has 0 fully saturated rings. The van der Waals surface area contributed by atoms with E-state index in [4.69, 9.17) is 11.5 Å². The number of nitrogen functional groups attached to an aromatic ring is 2. The molecule has 0 spiro atoms. The van der Waals surface area contributed by atoms with Crippen molar-refractivity contribution in [3.05, 3.63) is 36.7 Å². The van der Waals surface area contributed by atoms with Crippen LogP contribution in [0.1, 0.15) is 0 Å². The Bertz CT molecular complexity index is 439. The molecule has 2 rings (SSSR count). The van der Waals surface area contributed by atoms with E-state index in [0.29, 0.717) is 11.4 Å². The van der Waals surface area contributed by atoms with Crippen molar-refractivity contribution < 1.29 is 0 Å². The van der Waals surface area contributed by atoms with Crippen LogP contribution in [0.5, 0.6) is 0 Å². The number of hydrogen-bond donors (Lipinski definition) is 2. The van der Waals surface area contributed by atoms with Gasteiger partial charge in [0.25, 0.3) is 0 Å². The van der Waals surface area contributed by atoms with E-state index in [-0.39, 0.29) is 0 Å². The number of nitrogens with two attached hydrogens (primary N) is 2. The van der Waals surface area contributed by atoms with Crippen LogP contribution in [0.3, 0.4) is 0 Å². The summed E-state index contributed by atoms with van der Waals surface area (Å²) < 4.78 is 0. The smallest absolute Gasteiger partial charge is 0.0908 e. The van der Waals surface area contributed by atoms with Gasteiger partial charge in [-0.15, -0.1) is 0 Å². The highest BCUT2D eigenvalue weighted by Gasteiger charge is 2.01. The van der Waals surface area contributed by atoms with Crippen LogP contribution in [-0.4, -0.2) is 9.97 Å². The molecule has 0 bridgehead atoms. The van der Waals surface area contributed by atoms with Crippen molar-refractivity contribution in [3.63, 3.8) is 0 Å². The fourth-order valence-electron chi connectivity index (χ4n) is 1.14. The van der Waals surface area contributed by atoms with Crippen LogP contribution >= 0.6 is 0 Å². The molecule has 0 unspecified atom stereocenters. The first-order valence-electron chi connectivity index (χ1n) is 4.20. The molecule has 2 heterocycles. The summed E-state index contributed by atoms with van der Waals surface area (Å²) in [6.07, 6.45) is 3.25. The first kappa shape index (κ1) is 8.50. The van der Waals surface area contributed by atoms with Crippen LogP contribution in [0.2, 0.25) is 0 Å². The molecule has 4 nitrogen and oxygen atoms in total. The fraction of sp³-hybridized carbons (Fsp3) is 0. The van der Waals surface area contributed by atoms with E-state index in [1.54, 1.807) is 18.5 Å².